The van der Waals surface area contributed by atoms with E-state index in [1.165, 1.54) is 12.4 Å². The van der Waals surface area contributed by atoms with E-state index in [2.05, 4.69) is 19.9 Å². The fraction of sp³-hybridized carbons (Fsp3) is 0. The van der Waals surface area contributed by atoms with Gasteiger partial charge in [0.25, 0.3) is 0 Å². The van der Waals surface area contributed by atoms with Gasteiger partial charge in [-0.1, -0.05) is 0 Å². The second kappa shape index (κ2) is 4.29. The van der Waals surface area contributed by atoms with Crippen LogP contribution in [0.5, 0.6) is 0 Å². The molecular formula is C13H8N4O. The molecule has 18 heavy (non-hydrogen) atoms. The lowest BCUT2D eigenvalue weighted by Gasteiger charge is -2.01. The number of benzene rings is 1. The zero-order chi connectivity index (χ0) is 12.4. The van der Waals surface area contributed by atoms with Crippen LogP contribution in [-0.4, -0.2) is 26.2 Å². The first-order valence-corrected chi connectivity index (χ1v) is 5.35. The number of fused-ring (bicyclic) bond motifs is 1. The third-order valence-electron chi connectivity index (χ3n) is 2.54. The van der Waals surface area contributed by atoms with Gasteiger partial charge < -0.3 is 0 Å². The molecule has 1 aromatic carbocycles. The molecule has 2 heterocycles. The summed E-state index contributed by atoms with van der Waals surface area (Å²) in [6.45, 7) is 0. The molecule has 0 saturated heterocycles. The first-order chi connectivity index (χ1) is 8.86. The Balaban J connectivity index is 2.10. The second-order valence-electron chi connectivity index (χ2n) is 3.72. The van der Waals surface area contributed by atoms with Gasteiger partial charge in [-0.3, -0.25) is 14.8 Å². The standard InChI is InChI=1S/C13H8N4O/c18-8-9-6-16-13(17-7-9)10-1-2-11-12(5-10)15-4-3-14-11/h1-8H. The summed E-state index contributed by atoms with van der Waals surface area (Å²) in [5, 5.41) is 0. The number of carbonyl (C=O) groups is 1. The first-order valence-electron chi connectivity index (χ1n) is 5.35. The van der Waals surface area contributed by atoms with Crippen molar-refractivity contribution in [1.29, 1.82) is 0 Å². The van der Waals surface area contributed by atoms with E-state index in [1.807, 2.05) is 18.2 Å². The molecule has 0 aliphatic heterocycles. The van der Waals surface area contributed by atoms with Gasteiger partial charge in [0.05, 0.1) is 16.6 Å². The Morgan fingerprint density at radius 1 is 0.889 bits per heavy atom. The number of aldehydes is 1. The van der Waals surface area contributed by atoms with E-state index in [9.17, 15) is 4.79 Å². The minimum Gasteiger partial charge on any atom is -0.298 e. The van der Waals surface area contributed by atoms with Crippen LogP contribution in [0.3, 0.4) is 0 Å². The highest BCUT2D eigenvalue weighted by Crippen LogP contribution is 2.18. The molecule has 3 aromatic rings. The Labute approximate surface area is 103 Å². The summed E-state index contributed by atoms with van der Waals surface area (Å²) < 4.78 is 0. The normalized spacial score (nSPS) is 10.4. The number of hydrogen-bond acceptors (Lipinski definition) is 5. The van der Waals surface area contributed by atoms with Crippen molar-refractivity contribution < 1.29 is 4.79 Å². The Bertz CT molecular complexity index is 710. The quantitative estimate of drug-likeness (QED) is 0.635. The van der Waals surface area contributed by atoms with Crippen LogP contribution >= 0.6 is 0 Å². The number of nitrogens with zero attached hydrogens (tertiary/aromatic N) is 4. The van der Waals surface area contributed by atoms with E-state index in [0.29, 0.717) is 11.4 Å². The van der Waals surface area contributed by atoms with Gasteiger partial charge in [-0.25, -0.2) is 9.97 Å². The van der Waals surface area contributed by atoms with Crippen molar-refractivity contribution in [1.82, 2.24) is 19.9 Å². The lowest BCUT2D eigenvalue weighted by atomic mass is 10.2. The average Bonchev–Trinajstić information content (AvgIpc) is 2.47. The lowest BCUT2D eigenvalue weighted by molar-refractivity contribution is 0.112. The monoisotopic (exact) mass is 236 g/mol. The Morgan fingerprint density at radius 3 is 2.33 bits per heavy atom. The maximum atomic E-state index is 10.5. The minimum absolute atomic E-state index is 0.458. The van der Waals surface area contributed by atoms with Crippen molar-refractivity contribution in [3.63, 3.8) is 0 Å². The molecule has 0 fully saturated rings. The number of rotatable bonds is 2. The molecular weight excluding hydrogens is 228 g/mol. The third kappa shape index (κ3) is 1.82. The zero-order valence-corrected chi connectivity index (χ0v) is 9.32. The largest absolute Gasteiger partial charge is 0.298 e. The van der Waals surface area contributed by atoms with Crippen LogP contribution in [0.15, 0.2) is 43.0 Å². The van der Waals surface area contributed by atoms with E-state index in [1.54, 1.807) is 12.4 Å². The Morgan fingerprint density at radius 2 is 1.61 bits per heavy atom. The lowest BCUT2D eigenvalue weighted by Crippen LogP contribution is -1.92. The van der Waals surface area contributed by atoms with Crippen molar-refractivity contribution in [2.24, 2.45) is 0 Å². The van der Waals surface area contributed by atoms with E-state index in [4.69, 9.17) is 0 Å². The molecule has 0 amide bonds. The van der Waals surface area contributed by atoms with Gasteiger partial charge >= 0.3 is 0 Å². The molecule has 5 heteroatoms. The molecule has 0 atom stereocenters. The Kier molecular flexibility index (Phi) is 2.49. The maximum absolute atomic E-state index is 10.5. The van der Waals surface area contributed by atoms with Gasteiger partial charge in [-0.15, -0.1) is 0 Å². The van der Waals surface area contributed by atoms with Gasteiger partial charge in [0.1, 0.15) is 0 Å². The SMILES string of the molecule is O=Cc1cnc(-c2ccc3nccnc3c2)nc1. The highest BCUT2D eigenvalue weighted by atomic mass is 16.1. The molecule has 0 aliphatic carbocycles. The summed E-state index contributed by atoms with van der Waals surface area (Å²) in [5.41, 5.74) is 2.92. The molecule has 2 aromatic heterocycles. The van der Waals surface area contributed by atoms with Crippen LogP contribution in [0.2, 0.25) is 0 Å². The van der Waals surface area contributed by atoms with E-state index in [-0.39, 0.29) is 0 Å². The van der Waals surface area contributed by atoms with Crippen molar-refractivity contribution in [2.45, 2.75) is 0 Å². The van der Waals surface area contributed by atoms with Crippen LogP contribution in [-0.2, 0) is 0 Å². The number of carbonyl (C=O) groups excluding carboxylic acids is 1. The fourth-order valence-electron chi connectivity index (χ4n) is 1.65. The second-order valence-corrected chi connectivity index (χ2v) is 3.72. The fourth-order valence-corrected chi connectivity index (χ4v) is 1.65. The van der Waals surface area contributed by atoms with E-state index < -0.39 is 0 Å². The summed E-state index contributed by atoms with van der Waals surface area (Å²) in [6, 6.07) is 5.62. The summed E-state index contributed by atoms with van der Waals surface area (Å²) in [7, 11) is 0. The summed E-state index contributed by atoms with van der Waals surface area (Å²) in [6.07, 6.45) is 7.00. The average molecular weight is 236 g/mol. The smallest absolute Gasteiger partial charge is 0.159 e. The maximum Gasteiger partial charge on any atom is 0.159 e. The molecule has 86 valence electrons. The van der Waals surface area contributed by atoms with Gasteiger partial charge in [-0.2, -0.15) is 0 Å². The van der Waals surface area contributed by atoms with Crippen molar-refractivity contribution in [3.05, 3.63) is 48.5 Å². The molecule has 0 radical (unpaired) electrons. The molecule has 0 spiro atoms. The van der Waals surface area contributed by atoms with Crippen molar-refractivity contribution in [2.75, 3.05) is 0 Å². The Hall–Kier alpha value is -2.69. The molecule has 0 unspecified atom stereocenters. The number of hydrogen-bond donors (Lipinski definition) is 0. The van der Waals surface area contributed by atoms with Crippen LogP contribution in [0.25, 0.3) is 22.4 Å². The molecule has 0 N–H and O–H groups in total. The zero-order valence-electron chi connectivity index (χ0n) is 9.32. The van der Waals surface area contributed by atoms with Crippen molar-refractivity contribution in [3.8, 4) is 11.4 Å². The van der Waals surface area contributed by atoms with Gasteiger partial charge in [0.15, 0.2) is 12.1 Å². The van der Waals surface area contributed by atoms with E-state index >= 15 is 0 Å². The minimum atomic E-state index is 0.458. The highest BCUT2D eigenvalue weighted by molar-refractivity contribution is 5.79. The summed E-state index contributed by atoms with van der Waals surface area (Å²) in [5.74, 6) is 0.563. The summed E-state index contributed by atoms with van der Waals surface area (Å²) in [4.78, 5) is 27.2. The third-order valence-corrected chi connectivity index (χ3v) is 2.54. The summed E-state index contributed by atoms with van der Waals surface area (Å²) >= 11 is 0. The van der Waals surface area contributed by atoms with Gasteiger partial charge in [0.2, 0.25) is 0 Å². The molecule has 5 nitrogen and oxygen atoms in total. The van der Waals surface area contributed by atoms with Crippen LogP contribution in [0.4, 0.5) is 0 Å². The van der Waals surface area contributed by atoms with Crippen LogP contribution < -0.4 is 0 Å². The highest BCUT2D eigenvalue weighted by Gasteiger charge is 2.03. The van der Waals surface area contributed by atoms with Crippen LogP contribution in [0, 0.1) is 0 Å². The molecule has 3 rings (SSSR count). The molecule has 0 bridgehead atoms. The van der Waals surface area contributed by atoms with E-state index in [0.717, 1.165) is 22.9 Å². The number of aromatic nitrogens is 4. The van der Waals surface area contributed by atoms with Crippen molar-refractivity contribution >= 4 is 17.3 Å². The molecule has 0 saturated carbocycles. The van der Waals surface area contributed by atoms with Gasteiger partial charge in [0, 0.05) is 30.4 Å². The predicted molar refractivity (Wildman–Crippen MR) is 66.0 cm³/mol. The van der Waals surface area contributed by atoms with Crippen LogP contribution in [0.1, 0.15) is 10.4 Å². The predicted octanol–water partition coefficient (Wildman–Crippen LogP) is 1.90. The molecule has 0 aliphatic rings. The first kappa shape index (κ1) is 10.5. The van der Waals surface area contributed by atoms with Gasteiger partial charge in [-0.05, 0) is 18.2 Å². The topological polar surface area (TPSA) is 68.6 Å².